The quantitative estimate of drug-likeness (QED) is 0.837. The van der Waals surface area contributed by atoms with Crippen LogP contribution < -0.4 is 15.8 Å². The lowest BCUT2D eigenvalue weighted by molar-refractivity contribution is -0.117. The van der Waals surface area contributed by atoms with E-state index in [0.717, 1.165) is 12.1 Å². The van der Waals surface area contributed by atoms with Gasteiger partial charge in [0.1, 0.15) is 5.75 Å². The predicted octanol–water partition coefficient (Wildman–Crippen LogP) is 2.01. The van der Waals surface area contributed by atoms with Crippen LogP contribution in [0, 0.1) is 11.8 Å². The Morgan fingerprint density at radius 3 is 2.78 bits per heavy atom. The lowest BCUT2D eigenvalue weighted by Gasteiger charge is -2.13. The first-order valence-corrected chi connectivity index (χ1v) is 6.36. The van der Waals surface area contributed by atoms with Gasteiger partial charge in [0.2, 0.25) is 5.91 Å². The second-order valence-corrected chi connectivity index (χ2v) is 5.20. The molecule has 1 aliphatic rings. The van der Waals surface area contributed by atoms with Crippen molar-refractivity contribution in [3.05, 3.63) is 24.3 Å². The molecule has 1 saturated carbocycles. The van der Waals surface area contributed by atoms with Crippen LogP contribution in [0.25, 0.3) is 0 Å². The van der Waals surface area contributed by atoms with Crippen molar-refractivity contribution >= 4 is 11.6 Å². The van der Waals surface area contributed by atoms with E-state index >= 15 is 0 Å². The standard InChI is InChI=1S/C14H20N2O2/c1-9(2)8-18-13-6-4-3-5-12(13)16-14(17)10-7-11(10)15/h3-6,9-11H,7-8,15H2,1-2H3,(H,16,17). The summed E-state index contributed by atoms with van der Waals surface area (Å²) in [5, 5.41) is 2.88. The summed E-state index contributed by atoms with van der Waals surface area (Å²) < 4.78 is 5.68. The van der Waals surface area contributed by atoms with Gasteiger partial charge in [0.05, 0.1) is 18.2 Å². The van der Waals surface area contributed by atoms with Crippen molar-refractivity contribution in [2.45, 2.75) is 26.3 Å². The van der Waals surface area contributed by atoms with Crippen molar-refractivity contribution < 1.29 is 9.53 Å². The topological polar surface area (TPSA) is 64.3 Å². The maximum Gasteiger partial charge on any atom is 0.229 e. The van der Waals surface area contributed by atoms with Gasteiger partial charge in [-0.05, 0) is 24.5 Å². The molecule has 1 aromatic carbocycles. The van der Waals surface area contributed by atoms with Crippen LogP contribution in [0.2, 0.25) is 0 Å². The molecule has 1 amide bonds. The van der Waals surface area contributed by atoms with Crippen molar-refractivity contribution in [3.63, 3.8) is 0 Å². The van der Waals surface area contributed by atoms with E-state index in [2.05, 4.69) is 19.2 Å². The average molecular weight is 248 g/mol. The zero-order valence-corrected chi connectivity index (χ0v) is 10.8. The zero-order valence-electron chi connectivity index (χ0n) is 10.8. The number of amides is 1. The van der Waals surface area contributed by atoms with Gasteiger partial charge >= 0.3 is 0 Å². The normalized spacial score (nSPS) is 21.8. The third-order valence-electron chi connectivity index (χ3n) is 2.89. The Balaban J connectivity index is 2.00. The van der Waals surface area contributed by atoms with E-state index in [1.807, 2.05) is 24.3 Å². The Hall–Kier alpha value is -1.55. The number of carbonyl (C=O) groups excluding carboxylic acids is 1. The fraction of sp³-hybridized carbons (Fsp3) is 0.500. The molecule has 0 aromatic heterocycles. The maximum absolute atomic E-state index is 11.8. The molecule has 1 fully saturated rings. The monoisotopic (exact) mass is 248 g/mol. The van der Waals surface area contributed by atoms with Crippen molar-refractivity contribution in [3.8, 4) is 5.75 Å². The summed E-state index contributed by atoms with van der Waals surface area (Å²) >= 11 is 0. The summed E-state index contributed by atoms with van der Waals surface area (Å²) in [7, 11) is 0. The van der Waals surface area contributed by atoms with E-state index in [1.165, 1.54) is 0 Å². The SMILES string of the molecule is CC(C)COc1ccccc1NC(=O)C1CC1N. The van der Waals surface area contributed by atoms with Gasteiger partial charge in [-0.2, -0.15) is 0 Å². The molecule has 2 rings (SSSR count). The summed E-state index contributed by atoms with van der Waals surface area (Å²) in [5.41, 5.74) is 6.39. The Kier molecular flexibility index (Phi) is 3.87. The van der Waals surface area contributed by atoms with Gasteiger partial charge in [-0.25, -0.2) is 0 Å². The first kappa shape index (κ1) is 12.9. The predicted molar refractivity (Wildman–Crippen MR) is 71.5 cm³/mol. The second-order valence-electron chi connectivity index (χ2n) is 5.20. The minimum Gasteiger partial charge on any atom is -0.491 e. The summed E-state index contributed by atoms with van der Waals surface area (Å²) in [6, 6.07) is 7.51. The van der Waals surface area contributed by atoms with Crippen LogP contribution in [0.5, 0.6) is 5.75 Å². The third kappa shape index (κ3) is 3.23. The smallest absolute Gasteiger partial charge is 0.229 e. The highest BCUT2D eigenvalue weighted by Gasteiger charge is 2.40. The molecule has 4 nitrogen and oxygen atoms in total. The molecule has 4 heteroatoms. The number of nitrogens with one attached hydrogen (secondary N) is 1. The summed E-state index contributed by atoms with van der Waals surface area (Å²) in [5.74, 6) is 1.12. The van der Waals surface area contributed by atoms with Gasteiger partial charge in [-0.1, -0.05) is 26.0 Å². The lowest BCUT2D eigenvalue weighted by Crippen LogP contribution is -2.19. The highest BCUT2D eigenvalue weighted by molar-refractivity contribution is 5.96. The van der Waals surface area contributed by atoms with Crippen LogP contribution >= 0.6 is 0 Å². The number of carbonyl (C=O) groups is 1. The molecular weight excluding hydrogens is 228 g/mol. The van der Waals surface area contributed by atoms with Crippen LogP contribution in [0.3, 0.4) is 0 Å². The molecule has 0 spiro atoms. The molecule has 0 heterocycles. The molecule has 0 saturated heterocycles. The molecule has 3 N–H and O–H groups in total. The van der Waals surface area contributed by atoms with Gasteiger partial charge in [-0.15, -0.1) is 0 Å². The summed E-state index contributed by atoms with van der Waals surface area (Å²) in [6.45, 7) is 4.81. The molecule has 0 aliphatic heterocycles. The molecule has 1 aliphatic carbocycles. The Labute approximate surface area is 108 Å². The van der Waals surface area contributed by atoms with Gasteiger partial charge in [0, 0.05) is 6.04 Å². The van der Waals surface area contributed by atoms with Crippen LogP contribution in [-0.4, -0.2) is 18.6 Å². The Morgan fingerprint density at radius 2 is 2.17 bits per heavy atom. The van der Waals surface area contributed by atoms with E-state index in [9.17, 15) is 4.79 Å². The number of anilines is 1. The Bertz CT molecular complexity index is 432. The molecule has 0 radical (unpaired) electrons. The largest absolute Gasteiger partial charge is 0.491 e. The number of hydrogen-bond acceptors (Lipinski definition) is 3. The van der Waals surface area contributed by atoms with E-state index in [-0.39, 0.29) is 17.9 Å². The number of ether oxygens (including phenoxy) is 1. The van der Waals surface area contributed by atoms with Crippen molar-refractivity contribution in [1.29, 1.82) is 0 Å². The zero-order chi connectivity index (χ0) is 13.1. The van der Waals surface area contributed by atoms with Gasteiger partial charge in [0.25, 0.3) is 0 Å². The minimum atomic E-state index is -0.0387. The molecular formula is C14H20N2O2. The number of benzene rings is 1. The fourth-order valence-corrected chi connectivity index (χ4v) is 1.69. The molecule has 2 unspecified atom stereocenters. The van der Waals surface area contributed by atoms with Gasteiger partial charge < -0.3 is 15.8 Å². The van der Waals surface area contributed by atoms with Crippen LogP contribution in [-0.2, 0) is 4.79 Å². The average Bonchev–Trinajstić information content (AvgIpc) is 3.05. The highest BCUT2D eigenvalue weighted by atomic mass is 16.5. The Morgan fingerprint density at radius 1 is 1.50 bits per heavy atom. The highest BCUT2D eigenvalue weighted by Crippen LogP contribution is 2.31. The van der Waals surface area contributed by atoms with Gasteiger partial charge in [-0.3, -0.25) is 4.79 Å². The molecule has 18 heavy (non-hydrogen) atoms. The van der Waals surface area contributed by atoms with Crippen LogP contribution in [0.15, 0.2) is 24.3 Å². The molecule has 98 valence electrons. The lowest BCUT2D eigenvalue weighted by atomic mass is 10.2. The molecule has 2 atom stereocenters. The van der Waals surface area contributed by atoms with Crippen molar-refractivity contribution in [2.75, 3.05) is 11.9 Å². The first-order valence-electron chi connectivity index (χ1n) is 6.36. The molecule has 1 aromatic rings. The number of hydrogen-bond donors (Lipinski definition) is 2. The third-order valence-corrected chi connectivity index (χ3v) is 2.89. The maximum atomic E-state index is 11.8. The van der Waals surface area contributed by atoms with Gasteiger partial charge in [0.15, 0.2) is 0 Å². The first-order chi connectivity index (χ1) is 8.58. The molecule has 0 bridgehead atoms. The summed E-state index contributed by atoms with van der Waals surface area (Å²) in [4.78, 5) is 11.8. The fourth-order valence-electron chi connectivity index (χ4n) is 1.69. The van der Waals surface area contributed by atoms with E-state index in [4.69, 9.17) is 10.5 Å². The van der Waals surface area contributed by atoms with E-state index < -0.39 is 0 Å². The number of para-hydroxylation sites is 2. The van der Waals surface area contributed by atoms with Crippen LogP contribution in [0.1, 0.15) is 20.3 Å². The number of nitrogens with two attached hydrogens (primary N) is 1. The number of rotatable bonds is 5. The minimum absolute atomic E-state index is 0.0110. The summed E-state index contributed by atoms with van der Waals surface area (Å²) in [6.07, 6.45) is 0.779. The van der Waals surface area contributed by atoms with E-state index in [1.54, 1.807) is 0 Å². The van der Waals surface area contributed by atoms with Crippen molar-refractivity contribution in [2.24, 2.45) is 17.6 Å². The second kappa shape index (κ2) is 5.40. The van der Waals surface area contributed by atoms with Crippen molar-refractivity contribution in [1.82, 2.24) is 0 Å². The van der Waals surface area contributed by atoms with Crippen LogP contribution in [0.4, 0.5) is 5.69 Å². The van der Waals surface area contributed by atoms with E-state index in [0.29, 0.717) is 18.3 Å².